The van der Waals surface area contributed by atoms with Gasteiger partial charge in [-0.25, -0.2) is 0 Å². The molecule has 1 aliphatic carbocycles. The summed E-state index contributed by atoms with van der Waals surface area (Å²) < 4.78 is 23.1. The summed E-state index contributed by atoms with van der Waals surface area (Å²) in [5, 5.41) is 10.8. The van der Waals surface area contributed by atoms with Crippen molar-refractivity contribution in [2.24, 2.45) is 11.8 Å². The molecule has 1 aromatic carbocycles. The average molecular weight is 462 g/mol. The van der Waals surface area contributed by atoms with E-state index in [9.17, 15) is 0 Å². The Morgan fingerprint density at radius 3 is 2.94 bits per heavy atom. The summed E-state index contributed by atoms with van der Waals surface area (Å²) >= 11 is 0. The van der Waals surface area contributed by atoms with Gasteiger partial charge in [0, 0.05) is 5.92 Å². The number of aromatic nitrogens is 2. The van der Waals surface area contributed by atoms with Gasteiger partial charge >= 0.3 is 135 Å². The first kappa shape index (κ1) is 24.4. The van der Waals surface area contributed by atoms with E-state index in [1.807, 2.05) is 19.1 Å². The molecule has 2 aliphatic rings. The van der Waals surface area contributed by atoms with Crippen molar-refractivity contribution in [3.05, 3.63) is 64.5 Å². The van der Waals surface area contributed by atoms with Crippen molar-refractivity contribution in [2.75, 3.05) is 11.9 Å². The molecule has 34 heavy (non-hydrogen) atoms. The van der Waals surface area contributed by atoms with Gasteiger partial charge < -0.3 is 4.74 Å². The van der Waals surface area contributed by atoms with Crippen LogP contribution in [-0.4, -0.2) is 28.9 Å². The molecule has 1 aliphatic heterocycles. The number of hydrogen-bond donors (Lipinski definition) is 2. The van der Waals surface area contributed by atoms with Crippen molar-refractivity contribution < 1.29 is 13.6 Å². The predicted molar refractivity (Wildman–Crippen MR) is 135 cm³/mol. The van der Waals surface area contributed by atoms with Gasteiger partial charge in [0.1, 0.15) is 11.5 Å². The average Bonchev–Trinajstić information content (AvgIpc) is 3.48. The molecule has 2 atom stereocenters. The third-order valence-electron chi connectivity index (χ3n) is 7.00. The fraction of sp³-hybridized carbons (Fsp3) is 0.519. The van der Waals surface area contributed by atoms with Crippen molar-refractivity contribution in [2.45, 2.75) is 72.3 Å². The Morgan fingerprint density at radius 1 is 1.38 bits per heavy atom. The van der Waals surface area contributed by atoms with Crippen molar-refractivity contribution in [3.63, 3.8) is 0 Å². The first-order chi connectivity index (χ1) is 16.4. The molecule has 1 aromatic heterocycles. The van der Waals surface area contributed by atoms with E-state index in [1.165, 1.54) is 0 Å². The third-order valence-corrected chi connectivity index (χ3v) is 7.00. The molecule has 1 fully saturated rings. The number of benzene rings is 1. The second-order valence-corrected chi connectivity index (χ2v) is 9.79. The summed E-state index contributed by atoms with van der Waals surface area (Å²) in [4.78, 5) is 0. The summed E-state index contributed by atoms with van der Waals surface area (Å²) in [5.74, 6) is 3.65. The van der Waals surface area contributed by atoms with Crippen LogP contribution in [0.1, 0.15) is 76.1 Å². The number of ether oxygens (including phenoxy) is 1. The Labute approximate surface area is 203 Å². The van der Waals surface area contributed by atoms with Crippen LogP contribution in [0, 0.1) is 17.7 Å². The molecular formula is C27H36BFN4O+. The Kier molecular flexibility index (Phi) is 7.69. The summed E-state index contributed by atoms with van der Waals surface area (Å²) in [6, 6.07) is 5.80. The standard InChI is InChI=1S/C27H36BFN4O/c1-5-7-25(34-24(6-2)17(3)4)20-9-8-19(14-20)23-15-26(32-31-23)30-22-11-10-18-12-13-33(28)16-21(18)27(22)29/h6-7,10-11,15,17,19-20H,5,8-9,12-14,16H2,1-4H3,(H2,30,31,32)/q+1/b24-6-,25-7+. The Hall–Kier alpha value is -2.70. The Morgan fingerprint density at radius 2 is 2.21 bits per heavy atom. The second-order valence-electron chi connectivity index (χ2n) is 9.79. The van der Waals surface area contributed by atoms with Crippen molar-refractivity contribution in [1.82, 2.24) is 10.2 Å². The van der Waals surface area contributed by atoms with Crippen LogP contribution in [0.4, 0.5) is 15.9 Å². The number of rotatable bonds is 8. The number of fused-ring (bicyclic) bond motifs is 1. The number of H-pyrrole nitrogens is 1. The summed E-state index contributed by atoms with van der Waals surface area (Å²) in [6.07, 6.45) is 9.19. The first-order valence-corrected chi connectivity index (χ1v) is 12.6. The van der Waals surface area contributed by atoms with Gasteiger partial charge in [0.15, 0.2) is 0 Å². The number of nitrogens with one attached hydrogen (secondary N) is 2. The van der Waals surface area contributed by atoms with Gasteiger partial charge in [-0.15, -0.1) is 0 Å². The molecule has 1 saturated carbocycles. The molecule has 0 spiro atoms. The van der Waals surface area contributed by atoms with Gasteiger partial charge in [0.2, 0.25) is 0 Å². The fourth-order valence-corrected chi connectivity index (χ4v) is 5.12. The molecule has 0 amide bonds. The fourth-order valence-electron chi connectivity index (χ4n) is 5.12. The molecule has 2 N–H and O–H groups in total. The third kappa shape index (κ3) is 5.34. The van der Waals surface area contributed by atoms with Gasteiger partial charge in [-0.2, -0.15) is 0 Å². The normalized spacial score (nSPS) is 21.1. The number of aromatic amines is 1. The molecule has 0 bridgehead atoms. The van der Waals surface area contributed by atoms with Crippen LogP contribution < -0.4 is 5.32 Å². The van der Waals surface area contributed by atoms with Crippen LogP contribution in [0.25, 0.3) is 0 Å². The van der Waals surface area contributed by atoms with E-state index in [-0.39, 0.29) is 5.82 Å². The predicted octanol–water partition coefficient (Wildman–Crippen LogP) is 6.47. The van der Waals surface area contributed by atoms with Crippen LogP contribution in [0.2, 0.25) is 0 Å². The van der Waals surface area contributed by atoms with Gasteiger partial charge in [-0.3, -0.25) is 0 Å². The summed E-state index contributed by atoms with van der Waals surface area (Å²) in [5.41, 5.74) is 3.22. The van der Waals surface area contributed by atoms with E-state index in [2.05, 4.69) is 48.4 Å². The summed E-state index contributed by atoms with van der Waals surface area (Å²) in [7, 11) is 5.91. The number of nitrogens with zero attached hydrogens (tertiary/aromatic N) is 2. The molecule has 0 saturated heterocycles. The monoisotopic (exact) mass is 462 g/mol. The van der Waals surface area contributed by atoms with Gasteiger partial charge in [-0.1, -0.05) is 20.8 Å². The van der Waals surface area contributed by atoms with E-state index in [4.69, 9.17) is 12.4 Å². The molecule has 1 radical (unpaired) electrons. The molecule has 2 unspecified atom stereocenters. The topological polar surface area (TPSA) is 53.0 Å². The zero-order valence-electron chi connectivity index (χ0n) is 20.8. The van der Waals surface area contributed by atoms with Gasteiger partial charge in [0.25, 0.3) is 0 Å². The van der Waals surface area contributed by atoms with Gasteiger partial charge in [-0.05, 0) is 25.5 Å². The van der Waals surface area contributed by atoms with Crippen LogP contribution in [0.5, 0.6) is 0 Å². The quantitative estimate of drug-likeness (QED) is 0.349. The second kappa shape index (κ2) is 10.7. The van der Waals surface area contributed by atoms with Crippen LogP contribution >= 0.6 is 0 Å². The van der Waals surface area contributed by atoms with E-state index >= 15 is 4.39 Å². The van der Waals surface area contributed by atoms with E-state index in [0.717, 1.165) is 61.4 Å². The Balaban J connectivity index is 1.44. The Bertz CT molecular complexity index is 1100. The number of allylic oxidation sites excluding steroid dienone is 4. The molecule has 7 heteroatoms. The van der Waals surface area contributed by atoms with Crippen LogP contribution in [0.15, 0.2) is 41.9 Å². The molecule has 5 nitrogen and oxygen atoms in total. The molecule has 2 heterocycles. The van der Waals surface area contributed by atoms with E-state index < -0.39 is 0 Å². The summed E-state index contributed by atoms with van der Waals surface area (Å²) in [6.45, 7) is 9.68. The molecular weight excluding hydrogens is 426 g/mol. The van der Waals surface area contributed by atoms with Crippen LogP contribution in [0.3, 0.4) is 0 Å². The molecule has 2 aromatic rings. The number of anilines is 2. The van der Waals surface area contributed by atoms with E-state index in [1.54, 1.807) is 10.5 Å². The van der Waals surface area contributed by atoms with Crippen molar-refractivity contribution in [1.29, 1.82) is 0 Å². The van der Waals surface area contributed by atoms with Gasteiger partial charge in [0.05, 0.1) is 0 Å². The maximum atomic E-state index is 15.1. The zero-order chi connectivity index (χ0) is 24.2. The number of hydrogen-bond acceptors (Lipinski definition) is 3. The molecule has 179 valence electrons. The van der Waals surface area contributed by atoms with Crippen molar-refractivity contribution in [3.8, 4) is 0 Å². The minimum absolute atomic E-state index is 0.241. The first-order valence-electron chi connectivity index (χ1n) is 12.6. The maximum absolute atomic E-state index is 15.1. The van der Waals surface area contributed by atoms with E-state index in [0.29, 0.717) is 41.4 Å². The minimum atomic E-state index is -0.241. The van der Waals surface area contributed by atoms with Crippen LogP contribution in [-0.2, 0) is 17.7 Å². The van der Waals surface area contributed by atoms with Crippen molar-refractivity contribution >= 4 is 19.1 Å². The zero-order valence-corrected chi connectivity index (χ0v) is 20.8. The number of halogens is 1. The SMILES string of the molecule is [B]=[N+]1CCc2ccc(Nc3cc(C4CCC(/C(=C\CC)O/C(=C\C)C(C)C)C4)[nH]n3)c(F)c2C1. The molecule has 4 rings (SSSR count).